The van der Waals surface area contributed by atoms with Gasteiger partial charge in [-0.15, -0.1) is 0 Å². The van der Waals surface area contributed by atoms with Crippen molar-refractivity contribution in [3.05, 3.63) is 35.9 Å². The van der Waals surface area contributed by atoms with Crippen molar-refractivity contribution < 1.29 is 14.7 Å². The van der Waals surface area contributed by atoms with Gasteiger partial charge in [-0.2, -0.15) is 0 Å². The highest BCUT2D eigenvalue weighted by Gasteiger charge is 2.29. The molecule has 2 amide bonds. The quantitative estimate of drug-likeness (QED) is 0.809. The molecule has 0 bridgehead atoms. The molecule has 1 aromatic carbocycles. The van der Waals surface area contributed by atoms with Crippen LogP contribution in [0.4, 0.5) is 0 Å². The number of aliphatic hydroxyl groups is 1. The number of benzene rings is 1. The third-order valence-corrected chi connectivity index (χ3v) is 3.94. The number of hydrogen-bond donors (Lipinski definition) is 2. The first-order chi connectivity index (χ1) is 10.1. The molecule has 1 aromatic rings. The standard InChI is InChI=1S/C16H22N2O3/c17-15(20)13(10-12-6-2-1-3-7-12)11-14(19)16(21)18-8-4-5-9-18/h1-3,6-7,13-14,19H,4-5,8-11H2,(H2,17,20)/t13-,14?/m1/s1. The zero-order valence-electron chi connectivity index (χ0n) is 12.1. The molecule has 0 saturated carbocycles. The van der Waals surface area contributed by atoms with Gasteiger partial charge in [-0.05, 0) is 31.2 Å². The predicted octanol–water partition coefficient (Wildman–Crippen LogP) is 0.704. The van der Waals surface area contributed by atoms with Gasteiger partial charge in [0.15, 0.2) is 0 Å². The Labute approximate surface area is 124 Å². The summed E-state index contributed by atoms with van der Waals surface area (Å²) in [6, 6.07) is 9.49. The lowest BCUT2D eigenvalue weighted by molar-refractivity contribution is -0.140. The van der Waals surface area contributed by atoms with E-state index in [0.29, 0.717) is 19.5 Å². The van der Waals surface area contributed by atoms with E-state index < -0.39 is 17.9 Å². The Morgan fingerprint density at radius 2 is 1.81 bits per heavy atom. The van der Waals surface area contributed by atoms with Crippen LogP contribution in [-0.2, 0) is 16.0 Å². The number of aliphatic hydroxyl groups excluding tert-OH is 1. The van der Waals surface area contributed by atoms with E-state index in [-0.39, 0.29) is 12.3 Å². The highest BCUT2D eigenvalue weighted by Crippen LogP contribution is 2.17. The van der Waals surface area contributed by atoms with Crippen molar-refractivity contribution in [1.29, 1.82) is 0 Å². The van der Waals surface area contributed by atoms with E-state index in [2.05, 4.69) is 0 Å². The molecule has 1 fully saturated rings. The van der Waals surface area contributed by atoms with Crippen molar-refractivity contribution in [2.45, 2.75) is 31.8 Å². The highest BCUT2D eigenvalue weighted by molar-refractivity contribution is 5.83. The summed E-state index contributed by atoms with van der Waals surface area (Å²) in [4.78, 5) is 25.3. The summed E-state index contributed by atoms with van der Waals surface area (Å²) in [5.74, 6) is -1.30. The molecule has 0 radical (unpaired) electrons. The van der Waals surface area contributed by atoms with Crippen molar-refractivity contribution in [3.63, 3.8) is 0 Å². The molecule has 0 spiro atoms. The van der Waals surface area contributed by atoms with Crippen LogP contribution in [0.5, 0.6) is 0 Å². The predicted molar refractivity (Wildman–Crippen MR) is 79.3 cm³/mol. The van der Waals surface area contributed by atoms with Crippen molar-refractivity contribution in [3.8, 4) is 0 Å². The van der Waals surface area contributed by atoms with E-state index in [0.717, 1.165) is 18.4 Å². The molecule has 1 saturated heterocycles. The van der Waals surface area contributed by atoms with Crippen LogP contribution in [0.2, 0.25) is 0 Å². The topological polar surface area (TPSA) is 83.6 Å². The van der Waals surface area contributed by atoms with Gasteiger partial charge in [0.2, 0.25) is 5.91 Å². The van der Waals surface area contributed by atoms with Crippen LogP contribution >= 0.6 is 0 Å². The minimum atomic E-state index is -1.15. The summed E-state index contributed by atoms with van der Waals surface area (Å²) in [7, 11) is 0. The zero-order valence-corrected chi connectivity index (χ0v) is 12.1. The van der Waals surface area contributed by atoms with E-state index in [1.807, 2.05) is 30.3 Å². The monoisotopic (exact) mass is 290 g/mol. The maximum atomic E-state index is 12.1. The first-order valence-corrected chi connectivity index (χ1v) is 7.38. The van der Waals surface area contributed by atoms with E-state index >= 15 is 0 Å². The summed E-state index contributed by atoms with van der Waals surface area (Å²) < 4.78 is 0. The fraction of sp³-hybridized carbons (Fsp3) is 0.500. The minimum absolute atomic E-state index is 0.0829. The molecule has 1 aliphatic heterocycles. The zero-order chi connectivity index (χ0) is 15.2. The van der Waals surface area contributed by atoms with Crippen molar-refractivity contribution >= 4 is 11.8 Å². The summed E-state index contributed by atoms with van der Waals surface area (Å²) >= 11 is 0. The largest absolute Gasteiger partial charge is 0.383 e. The van der Waals surface area contributed by atoms with Gasteiger partial charge in [0.25, 0.3) is 5.91 Å². The first kappa shape index (κ1) is 15.5. The maximum Gasteiger partial charge on any atom is 0.251 e. The molecule has 114 valence electrons. The first-order valence-electron chi connectivity index (χ1n) is 7.38. The number of amides is 2. The van der Waals surface area contributed by atoms with E-state index in [1.165, 1.54) is 0 Å². The molecule has 5 heteroatoms. The van der Waals surface area contributed by atoms with Gasteiger partial charge in [-0.3, -0.25) is 9.59 Å². The van der Waals surface area contributed by atoms with Crippen LogP contribution in [0.1, 0.15) is 24.8 Å². The van der Waals surface area contributed by atoms with Gasteiger partial charge in [-0.25, -0.2) is 0 Å². The molecule has 2 rings (SSSR count). The Kier molecular flexibility index (Phi) is 5.33. The van der Waals surface area contributed by atoms with Crippen LogP contribution in [0, 0.1) is 5.92 Å². The Bertz CT molecular complexity index is 484. The van der Waals surface area contributed by atoms with E-state index in [4.69, 9.17) is 5.73 Å². The molecule has 0 aromatic heterocycles. The Hall–Kier alpha value is -1.88. The number of hydrogen-bond acceptors (Lipinski definition) is 3. The van der Waals surface area contributed by atoms with E-state index in [9.17, 15) is 14.7 Å². The highest BCUT2D eigenvalue weighted by atomic mass is 16.3. The molecule has 1 heterocycles. The van der Waals surface area contributed by atoms with E-state index in [1.54, 1.807) is 4.90 Å². The molecular formula is C16H22N2O3. The van der Waals surface area contributed by atoms with Gasteiger partial charge < -0.3 is 15.7 Å². The van der Waals surface area contributed by atoms with Crippen LogP contribution in [0.3, 0.4) is 0 Å². The van der Waals surface area contributed by atoms with Crippen LogP contribution in [0.15, 0.2) is 30.3 Å². The van der Waals surface area contributed by atoms with Gasteiger partial charge in [0.05, 0.1) is 0 Å². The number of likely N-dealkylation sites (tertiary alicyclic amines) is 1. The molecule has 3 N–H and O–H groups in total. The number of carbonyl (C=O) groups excluding carboxylic acids is 2. The summed E-state index contributed by atoms with van der Waals surface area (Å²) in [5, 5.41) is 10.1. The lowest BCUT2D eigenvalue weighted by atomic mass is 9.92. The second-order valence-corrected chi connectivity index (χ2v) is 5.57. The molecule has 0 aliphatic carbocycles. The normalized spacial score (nSPS) is 17.5. The molecule has 1 unspecified atom stereocenters. The number of nitrogens with two attached hydrogens (primary N) is 1. The fourth-order valence-corrected chi connectivity index (χ4v) is 2.72. The van der Waals surface area contributed by atoms with Crippen LogP contribution in [0.25, 0.3) is 0 Å². The summed E-state index contributed by atoms with van der Waals surface area (Å²) in [5.41, 5.74) is 6.39. The fourth-order valence-electron chi connectivity index (χ4n) is 2.72. The minimum Gasteiger partial charge on any atom is -0.383 e. The van der Waals surface area contributed by atoms with Gasteiger partial charge >= 0.3 is 0 Å². The van der Waals surface area contributed by atoms with Crippen molar-refractivity contribution in [2.24, 2.45) is 11.7 Å². The van der Waals surface area contributed by atoms with Gasteiger partial charge in [0.1, 0.15) is 6.10 Å². The number of rotatable bonds is 6. The van der Waals surface area contributed by atoms with Gasteiger partial charge in [-0.1, -0.05) is 30.3 Å². The summed E-state index contributed by atoms with van der Waals surface area (Å²) in [6.45, 7) is 1.38. The maximum absolute atomic E-state index is 12.1. The molecule has 2 atom stereocenters. The van der Waals surface area contributed by atoms with Crippen molar-refractivity contribution in [1.82, 2.24) is 4.90 Å². The molecular weight excluding hydrogens is 268 g/mol. The number of primary amides is 1. The number of carbonyl (C=O) groups is 2. The van der Waals surface area contributed by atoms with Gasteiger partial charge in [0, 0.05) is 19.0 Å². The molecule has 1 aliphatic rings. The Morgan fingerprint density at radius 1 is 1.19 bits per heavy atom. The SMILES string of the molecule is NC(=O)[C@H](Cc1ccccc1)CC(O)C(=O)N1CCCC1. The molecule has 21 heavy (non-hydrogen) atoms. The smallest absolute Gasteiger partial charge is 0.251 e. The second-order valence-electron chi connectivity index (χ2n) is 5.57. The third kappa shape index (κ3) is 4.29. The average molecular weight is 290 g/mol. The van der Waals surface area contributed by atoms with Crippen LogP contribution < -0.4 is 5.73 Å². The number of nitrogens with zero attached hydrogens (tertiary/aromatic N) is 1. The lowest BCUT2D eigenvalue weighted by Crippen LogP contribution is -2.40. The summed E-state index contributed by atoms with van der Waals surface area (Å²) in [6.07, 6.45) is 1.33. The molecule has 5 nitrogen and oxygen atoms in total. The van der Waals surface area contributed by atoms with Crippen LogP contribution in [-0.4, -0.2) is 41.0 Å². The average Bonchev–Trinajstić information content (AvgIpc) is 3.00. The lowest BCUT2D eigenvalue weighted by Gasteiger charge is -2.22. The third-order valence-electron chi connectivity index (χ3n) is 3.94. The Balaban J connectivity index is 1.95. The Morgan fingerprint density at radius 3 is 2.38 bits per heavy atom. The second kappa shape index (κ2) is 7.22. The van der Waals surface area contributed by atoms with Crippen molar-refractivity contribution in [2.75, 3.05) is 13.1 Å².